The first-order valence-electron chi connectivity index (χ1n) is 7.97. The molecular formula is C20H15IN2O4. The van der Waals surface area contributed by atoms with Crippen LogP contribution in [0.4, 0.5) is 0 Å². The third-order valence-corrected chi connectivity index (χ3v) is 4.48. The highest BCUT2D eigenvalue weighted by molar-refractivity contribution is 14.1. The highest BCUT2D eigenvalue weighted by Gasteiger charge is 2.10. The lowest BCUT2D eigenvalue weighted by atomic mass is 10.0. The number of hydrogen-bond acceptors (Lipinski definition) is 4. The molecule has 2 aromatic carbocycles. The van der Waals surface area contributed by atoms with Gasteiger partial charge in [0, 0.05) is 14.7 Å². The van der Waals surface area contributed by atoms with Crippen LogP contribution in [0.3, 0.4) is 0 Å². The molecule has 0 spiro atoms. The number of nitrogens with zero attached hydrogens (tertiary/aromatic N) is 1. The molecule has 3 rings (SSSR count). The molecule has 0 radical (unpaired) electrons. The van der Waals surface area contributed by atoms with Crippen molar-refractivity contribution in [1.82, 2.24) is 5.43 Å². The zero-order valence-corrected chi connectivity index (χ0v) is 16.4. The molecular weight excluding hydrogens is 459 g/mol. The summed E-state index contributed by atoms with van der Waals surface area (Å²) >= 11 is 2.14. The van der Waals surface area contributed by atoms with E-state index in [0.29, 0.717) is 17.1 Å². The summed E-state index contributed by atoms with van der Waals surface area (Å²) in [5.74, 6) is -0.220. The van der Waals surface area contributed by atoms with Crippen LogP contribution in [0.5, 0.6) is 0 Å². The van der Waals surface area contributed by atoms with Gasteiger partial charge in [-0.1, -0.05) is 12.1 Å². The Balaban J connectivity index is 1.70. The summed E-state index contributed by atoms with van der Waals surface area (Å²) < 4.78 is 6.67. The fraction of sp³-hybridized carbons (Fsp3) is 0.0500. The molecule has 1 aromatic heterocycles. The first-order chi connectivity index (χ1) is 12.9. The van der Waals surface area contributed by atoms with E-state index in [-0.39, 0.29) is 11.5 Å². The van der Waals surface area contributed by atoms with Gasteiger partial charge in [0.15, 0.2) is 0 Å². The topological polar surface area (TPSA) is 91.9 Å². The molecule has 0 fully saturated rings. The summed E-state index contributed by atoms with van der Waals surface area (Å²) in [6, 6.07) is 15.5. The highest BCUT2D eigenvalue weighted by atomic mass is 127. The largest absolute Gasteiger partial charge is 0.478 e. The van der Waals surface area contributed by atoms with Gasteiger partial charge in [-0.05, 0) is 77.5 Å². The molecule has 0 saturated carbocycles. The van der Waals surface area contributed by atoms with Crippen molar-refractivity contribution in [2.75, 3.05) is 0 Å². The molecule has 27 heavy (non-hydrogen) atoms. The zero-order valence-electron chi connectivity index (χ0n) is 14.3. The molecule has 0 aliphatic heterocycles. The number of aromatic carboxylic acids is 1. The number of rotatable bonds is 5. The third-order valence-electron chi connectivity index (χ3n) is 3.81. The summed E-state index contributed by atoms with van der Waals surface area (Å²) in [5, 5.41) is 13.0. The summed E-state index contributed by atoms with van der Waals surface area (Å²) in [6.07, 6.45) is 1.41. The number of nitrogens with one attached hydrogen (secondary N) is 1. The zero-order chi connectivity index (χ0) is 19.4. The van der Waals surface area contributed by atoms with Crippen molar-refractivity contribution < 1.29 is 19.1 Å². The number of amides is 1. The molecule has 0 unspecified atom stereocenters. The van der Waals surface area contributed by atoms with Gasteiger partial charge in [0.2, 0.25) is 0 Å². The second-order valence-corrected chi connectivity index (χ2v) is 6.99. The predicted molar refractivity (Wildman–Crippen MR) is 110 cm³/mol. The van der Waals surface area contributed by atoms with E-state index in [2.05, 4.69) is 33.1 Å². The van der Waals surface area contributed by atoms with E-state index in [1.165, 1.54) is 12.3 Å². The number of carboxylic acid groups (broad SMARTS) is 1. The SMILES string of the molecule is Cc1cc(C(=O)O)ccc1-c1ccc(/C=N\NC(=O)c2cccc(I)c2)o1. The van der Waals surface area contributed by atoms with E-state index in [1.54, 1.807) is 42.5 Å². The van der Waals surface area contributed by atoms with Gasteiger partial charge in [0.25, 0.3) is 5.91 Å². The van der Waals surface area contributed by atoms with Crippen molar-refractivity contribution in [2.45, 2.75) is 6.92 Å². The molecule has 0 aliphatic rings. The minimum absolute atomic E-state index is 0.225. The number of furan rings is 1. The average molecular weight is 474 g/mol. The van der Waals surface area contributed by atoms with E-state index in [1.807, 2.05) is 13.0 Å². The fourth-order valence-electron chi connectivity index (χ4n) is 2.49. The van der Waals surface area contributed by atoms with Gasteiger partial charge in [-0.2, -0.15) is 5.10 Å². The van der Waals surface area contributed by atoms with Crippen LogP contribution in [-0.4, -0.2) is 23.2 Å². The molecule has 0 atom stereocenters. The number of hydrazone groups is 1. The van der Waals surface area contributed by atoms with Crippen molar-refractivity contribution in [3.05, 3.63) is 80.6 Å². The van der Waals surface area contributed by atoms with E-state index in [0.717, 1.165) is 14.7 Å². The third kappa shape index (κ3) is 4.62. The van der Waals surface area contributed by atoms with Crippen molar-refractivity contribution in [1.29, 1.82) is 0 Å². The Bertz CT molecular complexity index is 1040. The minimum Gasteiger partial charge on any atom is -0.478 e. The molecule has 136 valence electrons. The molecule has 7 heteroatoms. The van der Waals surface area contributed by atoms with Crippen LogP contribution in [0.1, 0.15) is 32.0 Å². The Morgan fingerprint density at radius 3 is 2.63 bits per heavy atom. The first-order valence-corrected chi connectivity index (χ1v) is 9.05. The van der Waals surface area contributed by atoms with Crippen LogP contribution in [0.15, 0.2) is 64.1 Å². The average Bonchev–Trinajstić information content (AvgIpc) is 3.10. The second-order valence-electron chi connectivity index (χ2n) is 5.75. The monoisotopic (exact) mass is 474 g/mol. The van der Waals surface area contributed by atoms with E-state index < -0.39 is 5.97 Å². The maximum atomic E-state index is 12.0. The van der Waals surface area contributed by atoms with Crippen LogP contribution in [-0.2, 0) is 0 Å². The number of aryl methyl sites for hydroxylation is 1. The standard InChI is InChI=1S/C20H15IN2O4/c1-12-9-14(20(25)26)5-7-17(12)18-8-6-16(27-18)11-22-23-19(24)13-3-2-4-15(21)10-13/h2-11H,1H3,(H,23,24)(H,25,26)/b22-11-. The summed E-state index contributed by atoms with van der Waals surface area (Å²) in [7, 11) is 0. The summed E-state index contributed by atoms with van der Waals surface area (Å²) in [6.45, 7) is 1.82. The highest BCUT2D eigenvalue weighted by Crippen LogP contribution is 2.26. The van der Waals surface area contributed by atoms with Gasteiger partial charge < -0.3 is 9.52 Å². The van der Waals surface area contributed by atoms with Crippen LogP contribution < -0.4 is 5.43 Å². The van der Waals surface area contributed by atoms with Crippen molar-refractivity contribution >= 4 is 40.7 Å². The number of hydrogen-bond donors (Lipinski definition) is 2. The van der Waals surface area contributed by atoms with Crippen molar-refractivity contribution in [3.63, 3.8) is 0 Å². The Kier molecular flexibility index (Phi) is 5.70. The van der Waals surface area contributed by atoms with E-state index in [9.17, 15) is 9.59 Å². The number of carbonyl (C=O) groups excluding carboxylic acids is 1. The number of carboxylic acids is 1. The molecule has 0 bridgehead atoms. The Labute approximate surface area is 169 Å². The van der Waals surface area contributed by atoms with Crippen LogP contribution in [0, 0.1) is 10.5 Å². The Morgan fingerprint density at radius 2 is 1.93 bits per heavy atom. The van der Waals surface area contributed by atoms with Crippen LogP contribution in [0.2, 0.25) is 0 Å². The lowest BCUT2D eigenvalue weighted by molar-refractivity contribution is 0.0696. The lowest BCUT2D eigenvalue weighted by Gasteiger charge is -2.03. The minimum atomic E-state index is -0.972. The van der Waals surface area contributed by atoms with Gasteiger partial charge in [-0.25, -0.2) is 10.2 Å². The molecule has 1 heterocycles. The Hall–Kier alpha value is -2.94. The molecule has 0 aliphatic carbocycles. The van der Waals surface area contributed by atoms with Crippen LogP contribution >= 0.6 is 22.6 Å². The molecule has 3 aromatic rings. The fourth-order valence-corrected chi connectivity index (χ4v) is 3.03. The van der Waals surface area contributed by atoms with Crippen molar-refractivity contribution in [2.24, 2.45) is 5.10 Å². The number of carbonyl (C=O) groups is 2. The summed E-state index contributed by atoms with van der Waals surface area (Å²) in [5.41, 5.74) is 4.79. The lowest BCUT2D eigenvalue weighted by Crippen LogP contribution is -2.17. The van der Waals surface area contributed by atoms with Gasteiger partial charge in [0.05, 0.1) is 11.8 Å². The van der Waals surface area contributed by atoms with Gasteiger partial charge >= 0.3 is 5.97 Å². The molecule has 6 nitrogen and oxygen atoms in total. The van der Waals surface area contributed by atoms with Gasteiger partial charge in [0.1, 0.15) is 11.5 Å². The van der Waals surface area contributed by atoms with Gasteiger partial charge in [-0.15, -0.1) is 0 Å². The normalized spacial score (nSPS) is 10.9. The smallest absolute Gasteiger partial charge is 0.335 e. The maximum Gasteiger partial charge on any atom is 0.335 e. The Morgan fingerprint density at radius 1 is 1.11 bits per heavy atom. The van der Waals surface area contributed by atoms with Crippen molar-refractivity contribution in [3.8, 4) is 11.3 Å². The first kappa shape index (κ1) is 18.8. The maximum absolute atomic E-state index is 12.0. The molecule has 0 saturated heterocycles. The van der Waals surface area contributed by atoms with Gasteiger partial charge in [-0.3, -0.25) is 4.79 Å². The van der Waals surface area contributed by atoms with Crippen LogP contribution in [0.25, 0.3) is 11.3 Å². The second kappa shape index (κ2) is 8.17. The quantitative estimate of drug-likeness (QED) is 0.327. The summed E-state index contributed by atoms with van der Waals surface area (Å²) in [4.78, 5) is 23.1. The van der Waals surface area contributed by atoms with E-state index in [4.69, 9.17) is 9.52 Å². The number of benzene rings is 2. The van der Waals surface area contributed by atoms with E-state index >= 15 is 0 Å². The molecule has 1 amide bonds. The number of halogens is 1. The molecule has 2 N–H and O–H groups in total. The predicted octanol–water partition coefficient (Wildman–Crippen LogP) is 4.32.